The normalized spacial score (nSPS) is 16.4. The third-order valence-corrected chi connectivity index (χ3v) is 6.12. The predicted octanol–water partition coefficient (Wildman–Crippen LogP) is 2.80. The maximum absolute atomic E-state index is 12.7. The van der Waals surface area contributed by atoms with Crippen LogP contribution < -0.4 is 4.90 Å². The molecule has 2 heterocycles. The maximum Gasteiger partial charge on any atom is 0.201 e. The van der Waals surface area contributed by atoms with Crippen molar-refractivity contribution in [3.8, 4) is 0 Å². The topological polar surface area (TPSA) is 63.2 Å². The molecule has 1 aliphatic rings. The number of rotatable bonds is 3. The Labute approximate surface area is 131 Å². The second kappa shape index (κ2) is 5.83. The van der Waals surface area contributed by atoms with Crippen LogP contribution in [-0.4, -0.2) is 36.7 Å². The number of benzene rings is 1. The van der Waals surface area contributed by atoms with Crippen molar-refractivity contribution < 1.29 is 8.42 Å². The van der Waals surface area contributed by atoms with Gasteiger partial charge in [-0.2, -0.15) is 0 Å². The third-order valence-electron chi connectivity index (χ3n) is 4.07. The van der Waals surface area contributed by atoms with Crippen LogP contribution in [0.1, 0.15) is 33.1 Å². The molecule has 6 heteroatoms. The molecule has 118 valence electrons. The molecule has 1 saturated heterocycles. The number of fused-ring (bicyclic) bond motifs is 1. The number of anilines is 1. The first-order valence-electron chi connectivity index (χ1n) is 7.76. The van der Waals surface area contributed by atoms with E-state index in [9.17, 15) is 8.42 Å². The van der Waals surface area contributed by atoms with Gasteiger partial charge < -0.3 is 4.90 Å². The summed E-state index contributed by atoms with van der Waals surface area (Å²) in [6.07, 6.45) is 3.31. The Morgan fingerprint density at radius 3 is 2.18 bits per heavy atom. The van der Waals surface area contributed by atoms with Gasteiger partial charge in [0.15, 0.2) is 10.8 Å². The van der Waals surface area contributed by atoms with E-state index in [1.807, 2.05) is 24.3 Å². The van der Waals surface area contributed by atoms with E-state index in [2.05, 4.69) is 14.9 Å². The van der Waals surface area contributed by atoms with Crippen molar-refractivity contribution in [2.45, 2.75) is 43.4 Å². The monoisotopic (exact) mass is 319 g/mol. The number of nitrogens with zero attached hydrogens (tertiary/aromatic N) is 3. The van der Waals surface area contributed by atoms with Crippen molar-refractivity contribution in [1.82, 2.24) is 9.97 Å². The minimum Gasteiger partial charge on any atom is -0.354 e. The molecule has 0 saturated carbocycles. The van der Waals surface area contributed by atoms with E-state index < -0.39 is 15.1 Å². The number of piperidine rings is 1. The van der Waals surface area contributed by atoms with Crippen molar-refractivity contribution in [1.29, 1.82) is 0 Å². The summed E-state index contributed by atoms with van der Waals surface area (Å²) in [5.74, 6) is 0.520. The van der Waals surface area contributed by atoms with Gasteiger partial charge in [0.2, 0.25) is 9.84 Å². The molecule has 0 N–H and O–H groups in total. The fourth-order valence-electron chi connectivity index (χ4n) is 2.70. The van der Waals surface area contributed by atoms with Crippen LogP contribution >= 0.6 is 0 Å². The molecular weight excluding hydrogens is 298 g/mol. The molecule has 0 bridgehead atoms. The van der Waals surface area contributed by atoms with Crippen LogP contribution in [0.2, 0.25) is 0 Å². The lowest BCUT2D eigenvalue weighted by molar-refractivity contribution is 0.561. The molecule has 1 aromatic carbocycles. The first-order chi connectivity index (χ1) is 10.5. The van der Waals surface area contributed by atoms with Gasteiger partial charge in [-0.3, -0.25) is 0 Å². The fraction of sp³-hybridized carbons (Fsp3) is 0.500. The van der Waals surface area contributed by atoms with E-state index >= 15 is 0 Å². The zero-order valence-corrected chi connectivity index (χ0v) is 13.8. The predicted molar refractivity (Wildman–Crippen MR) is 87.9 cm³/mol. The van der Waals surface area contributed by atoms with Crippen LogP contribution in [0, 0.1) is 0 Å². The van der Waals surface area contributed by atoms with Crippen LogP contribution in [0.25, 0.3) is 11.0 Å². The second-order valence-corrected chi connectivity index (χ2v) is 8.40. The van der Waals surface area contributed by atoms with E-state index in [1.165, 1.54) is 6.42 Å². The molecule has 0 radical (unpaired) electrons. The summed E-state index contributed by atoms with van der Waals surface area (Å²) in [5.41, 5.74) is 1.37. The maximum atomic E-state index is 12.7. The summed E-state index contributed by atoms with van der Waals surface area (Å²) in [6, 6.07) is 7.43. The van der Waals surface area contributed by atoms with Crippen LogP contribution in [0.4, 0.5) is 5.82 Å². The number of aromatic nitrogens is 2. The van der Waals surface area contributed by atoms with Gasteiger partial charge in [-0.15, -0.1) is 0 Å². The van der Waals surface area contributed by atoms with Crippen molar-refractivity contribution >= 4 is 26.7 Å². The Bertz CT molecular complexity index is 781. The van der Waals surface area contributed by atoms with E-state index in [4.69, 9.17) is 0 Å². The highest BCUT2D eigenvalue weighted by Crippen LogP contribution is 2.29. The fourth-order valence-corrected chi connectivity index (χ4v) is 3.80. The van der Waals surface area contributed by atoms with Crippen molar-refractivity contribution in [2.24, 2.45) is 0 Å². The van der Waals surface area contributed by atoms with Gasteiger partial charge in [-0.25, -0.2) is 18.4 Å². The van der Waals surface area contributed by atoms with E-state index in [0.29, 0.717) is 11.3 Å². The van der Waals surface area contributed by atoms with Gasteiger partial charge in [-0.05, 0) is 45.2 Å². The SMILES string of the molecule is CC(C)S(=O)(=O)c1nc2ccccc2nc1N1CCCCC1. The second-order valence-electron chi connectivity index (χ2n) is 5.98. The van der Waals surface area contributed by atoms with Crippen LogP contribution in [0.3, 0.4) is 0 Å². The minimum atomic E-state index is -3.46. The Balaban J connectivity index is 2.22. The van der Waals surface area contributed by atoms with Gasteiger partial charge >= 0.3 is 0 Å². The molecule has 0 spiro atoms. The average Bonchev–Trinajstić information content (AvgIpc) is 2.54. The zero-order valence-electron chi connectivity index (χ0n) is 13.0. The van der Waals surface area contributed by atoms with Crippen LogP contribution in [0.15, 0.2) is 29.3 Å². The largest absolute Gasteiger partial charge is 0.354 e. The molecule has 5 nitrogen and oxygen atoms in total. The Morgan fingerprint density at radius 1 is 1.00 bits per heavy atom. The lowest BCUT2D eigenvalue weighted by atomic mass is 10.1. The first kappa shape index (κ1) is 15.2. The zero-order chi connectivity index (χ0) is 15.7. The summed E-state index contributed by atoms with van der Waals surface area (Å²) in [5, 5.41) is -0.380. The molecular formula is C16H21N3O2S. The molecule has 1 fully saturated rings. The van der Waals surface area contributed by atoms with Crippen LogP contribution in [-0.2, 0) is 9.84 Å². The third kappa shape index (κ3) is 2.67. The molecule has 0 unspecified atom stereocenters. The summed E-state index contributed by atoms with van der Waals surface area (Å²) < 4.78 is 25.4. The highest BCUT2D eigenvalue weighted by Gasteiger charge is 2.29. The molecule has 1 aliphatic heterocycles. The molecule has 0 aliphatic carbocycles. The molecule has 3 rings (SSSR count). The Morgan fingerprint density at radius 2 is 1.59 bits per heavy atom. The molecule has 22 heavy (non-hydrogen) atoms. The van der Waals surface area contributed by atoms with E-state index in [-0.39, 0.29) is 5.03 Å². The number of hydrogen-bond donors (Lipinski definition) is 0. The first-order valence-corrected chi connectivity index (χ1v) is 9.30. The lowest BCUT2D eigenvalue weighted by Crippen LogP contribution is -2.32. The Hall–Kier alpha value is -1.69. The molecule has 0 amide bonds. The highest BCUT2D eigenvalue weighted by molar-refractivity contribution is 7.92. The van der Waals surface area contributed by atoms with Gasteiger partial charge in [-0.1, -0.05) is 12.1 Å². The van der Waals surface area contributed by atoms with E-state index in [0.717, 1.165) is 31.4 Å². The smallest absolute Gasteiger partial charge is 0.201 e. The number of sulfone groups is 1. The molecule has 2 aromatic rings. The van der Waals surface area contributed by atoms with Gasteiger partial charge in [0.05, 0.1) is 16.3 Å². The Kier molecular flexibility index (Phi) is 4.04. The average molecular weight is 319 g/mol. The number of para-hydroxylation sites is 2. The van der Waals surface area contributed by atoms with Gasteiger partial charge in [0.25, 0.3) is 0 Å². The van der Waals surface area contributed by atoms with Crippen molar-refractivity contribution in [2.75, 3.05) is 18.0 Å². The van der Waals surface area contributed by atoms with Crippen molar-refractivity contribution in [3.05, 3.63) is 24.3 Å². The molecule has 0 atom stereocenters. The summed E-state index contributed by atoms with van der Waals surface area (Å²) >= 11 is 0. The minimum absolute atomic E-state index is 0.128. The summed E-state index contributed by atoms with van der Waals surface area (Å²) in [7, 11) is -3.46. The lowest BCUT2D eigenvalue weighted by Gasteiger charge is -2.29. The molecule has 1 aromatic heterocycles. The van der Waals surface area contributed by atoms with E-state index in [1.54, 1.807) is 13.8 Å². The quantitative estimate of drug-likeness (QED) is 0.870. The number of hydrogen-bond acceptors (Lipinski definition) is 5. The van der Waals surface area contributed by atoms with Crippen LogP contribution in [0.5, 0.6) is 0 Å². The van der Waals surface area contributed by atoms with Gasteiger partial charge in [0, 0.05) is 13.1 Å². The van der Waals surface area contributed by atoms with Crippen molar-refractivity contribution in [3.63, 3.8) is 0 Å². The summed E-state index contributed by atoms with van der Waals surface area (Å²) in [6.45, 7) is 5.06. The standard InChI is InChI=1S/C16H21N3O2S/c1-12(2)22(20,21)16-15(19-10-6-3-7-11-19)17-13-8-4-5-9-14(13)18-16/h4-5,8-9,12H,3,6-7,10-11H2,1-2H3. The highest BCUT2D eigenvalue weighted by atomic mass is 32.2. The van der Waals surface area contributed by atoms with Gasteiger partial charge in [0.1, 0.15) is 0 Å². The summed E-state index contributed by atoms with van der Waals surface area (Å²) in [4.78, 5) is 11.2.